The fourth-order valence-electron chi connectivity index (χ4n) is 3.95. The number of esters is 1. The summed E-state index contributed by atoms with van der Waals surface area (Å²) in [4.78, 5) is 43.6. The Kier molecular flexibility index (Phi) is 7.90. The van der Waals surface area contributed by atoms with E-state index in [2.05, 4.69) is 16.4 Å². The van der Waals surface area contributed by atoms with Crippen LogP contribution < -0.4 is 10.1 Å². The molecule has 2 aromatic heterocycles. The average Bonchev–Trinajstić information content (AvgIpc) is 3.30. The van der Waals surface area contributed by atoms with Crippen LogP contribution in [-0.2, 0) is 34.2 Å². The predicted molar refractivity (Wildman–Crippen MR) is 139 cm³/mol. The van der Waals surface area contributed by atoms with Crippen molar-refractivity contribution in [1.82, 2.24) is 4.57 Å². The second-order valence-electron chi connectivity index (χ2n) is 8.10. The van der Waals surface area contributed by atoms with Gasteiger partial charge in [0.15, 0.2) is 4.80 Å². The lowest BCUT2D eigenvalue weighted by Gasteiger charge is -2.12. The van der Waals surface area contributed by atoms with Gasteiger partial charge in [-0.05, 0) is 62.8 Å². The summed E-state index contributed by atoms with van der Waals surface area (Å²) in [6, 6.07) is 6.14. The summed E-state index contributed by atoms with van der Waals surface area (Å²) in [5.74, 6) is -0.707. The summed E-state index contributed by atoms with van der Waals surface area (Å²) >= 11 is 4.15. The highest BCUT2D eigenvalue weighted by molar-refractivity contribution is 8.00. The number of ether oxygens (including phenoxy) is 1. The number of thiazole rings is 1. The first-order valence-corrected chi connectivity index (χ1v) is 14.0. The first kappa shape index (κ1) is 24.7. The van der Waals surface area contributed by atoms with Crippen molar-refractivity contribution in [1.29, 1.82) is 0 Å². The minimum absolute atomic E-state index is 0.101. The number of aromatic nitrogens is 1. The number of aryl methyl sites for hydroxylation is 3. The number of hydrogen-bond donors (Lipinski definition) is 1. The zero-order chi connectivity index (χ0) is 24.2. The number of anilines is 1. The van der Waals surface area contributed by atoms with E-state index in [1.54, 1.807) is 6.92 Å². The number of fused-ring (bicyclic) bond motifs is 2. The summed E-state index contributed by atoms with van der Waals surface area (Å²) in [5, 5.41) is 3.43. The number of thioether (sulfide) groups is 1. The number of benzene rings is 1. The van der Waals surface area contributed by atoms with Crippen LogP contribution in [0, 0.1) is 6.92 Å². The number of amides is 2. The molecular formula is C24H27N3O4S3. The van der Waals surface area contributed by atoms with E-state index in [1.165, 1.54) is 34.4 Å². The van der Waals surface area contributed by atoms with Gasteiger partial charge in [0.05, 0.1) is 33.9 Å². The molecule has 4 rings (SSSR count). The van der Waals surface area contributed by atoms with E-state index >= 15 is 0 Å². The molecule has 0 aliphatic heterocycles. The van der Waals surface area contributed by atoms with Crippen molar-refractivity contribution in [3.63, 3.8) is 0 Å². The van der Waals surface area contributed by atoms with Crippen molar-refractivity contribution in [2.45, 2.75) is 39.5 Å². The summed E-state index contributed by atoms with van der Waals surface area (Å²) in [7, 11) is 1.89. The monoisotopic (exact) mass is 517 g/mol. The van der Waals surface area contributed by atoms with Gasteiger partial charge >= 0.3 is 5.97 Å². The quantitative estimate of drug-likeness (QED) is 0.467. The second kappa shape index (κ2) is 10.9. The Morgan fingerprint density at radius 3 is 2.76 bits per heavy atom. The maximum atomic E-state index is 12.6. The predicted octanol–water partition coefficient (Wildman–Crippen LogP) is 4.46. The van der Waals surface area contributed by atoms with Gasteiger partial charge in [0, 0.05) is 11.9 Å². The highest BCUT2D eigenvalue weighted by Gasteiger charge is 2.27. The van der Waals surface area contributed by atoms with Crippen LogP contribution in [0.2, 0.25) is 0 Å². The Morgan fingerprint density at radius 1 is 1.18 bits per heavy atom. The highest BCUT2D eigenvalue weighted by atomic mass is 32.2. The van der Waals surface area contributed by atoms with E-state index in [0.717, 1.165) is 51.9 Å². The van der Waals surface area contributed by atoms with Gasteiger partial charge in [-0.25, -0.2) is 4.79 Å². The zero-order valence-electron chi connectivity index (χ0n) is 19.4. The lowest BCUT2D eigenvalue weighted by Crippen LogP contribution is -2.18. The number of hydrogen-bond acceptors (Lipinski definition) is 7. The minimum Gasteiger partial charge on any atom is -0.462 e. The molecule has 2 heterocycles. The summed E-state index contributed by atoms with van der Waals surface area (Å²) < 4.78 is 8.22. The van der Waals surface area contributed by atoms with E-state index in [4.69, 9.17) is 4.74 Å². The Labute approximate surface area is 210 Å². The molecule has 0 radical (unpaired) electrons. The molecule has 0 saturated heterocycles. The molecule has 0 fully saturated rings. The van der Waals surface area contributed by atoms with Crippen molar-refractivity contribution in [3.05, 3.63) is 44.6 Å². The molecule has 3 aromatic rings. The average molecular weight is 518 g/mol. The molecule has 0 atom stereocenters. The van der Waals surface area contributed by atoms with E-state index < -0.39 is 0 Å². The summed E-state index contributed by atoms with van der Waals surface area (Å²) in [6.45, 7) is 4.09. The number of carbonyl (C=O) groups excluding carboxylic acids is 3. The zero-order valence-corrected chi connectivity index (χ0v) is 21.9. The number of rotatable bonds is 7. The molecule has 0 saturated carbocycles. The topological polar surface area (TPSA) is 89.8 Å². The lowest BCUT2D eigenvalue weighted by atomic mass is 9.95. The van der Waals surface area contributed by atoms with Crippen LogP contribution in [0.3, 0.4) is 0 Å². The van der Waals surface area contributed by atoms with Crippen LogP contribution in [0.15, 0.2) is 23.2 Å². The van der Waals surface area contributed by atoms with Crippen molar-refractivity contribution in [2.24, 2.45) is 12.0 Å². The van der Waals surface area contributed by atoms with Crippen LogP contribution in [0.5, 0.6) is 0 Å². The van der Waals surface area contributed by atoms with Gasteiger partial charge in [0.25, 0.3) is 5.91 Å². The number of thiophene rings is 1. The molecule has 7 nitrogen and oxygen atoms in total. The SMILES string of the molecule is CCOC(=O)c1c(NC(=O)CSCC(=O)N=c2sc3cc(C)ccc3n2C)sc2c1CCCC2. The van der Waals surface area contributed by atoms with Gasteiger partial charge < -0.3 is 14.6 Å². The molecule has 1 N–H and O–H groups in total. The Morgan fingerprint density at radius 2 is 1.97 bits per heavy atom. The van der Waals surface area contributed by atoms with Crippen molar-refractivity contribution < 1.29 is 19.1 Å². The summed E-state index contributed by atoms with van der Waals surface area (Å²) in [6.07, 6.45) is 3.86. The third-order valence-electron chi connectivity index (χ3n) is 5.55. The molecular weight excluding hydrogens is 490 g/mol. The fourth-order valence-corrected chi connectivity index (χ4v) is 6.98. The first-order chi connectivity index (χ1) is 16.4. The molecule has 2 amide bonds. The first-order valence-electron chi connectivity index (χ1n) is 11.2. The third-order valence-corrected chi connectivity index (χ3v) is 8.77. The normalized spacial score (nSPS) is 13.7. The Hall–Kier alpha value is -2.43. The van der Waals surface area contributed by atoms with Crippen LogP contribution in [0.25, 0.3) is 10.2 Å². The Bertz CT molecular complexity index is 1320. The van der Waals surface area contributed by atoms with Crippen molar-refractivity contribution in [2.75, 3.05) is 23.4 Å². The molecule has 10 heteroatoms. The fraction of sp³-hybridized carbons (Fsp3) is 0.417. The van der Waals surface area contributed by atoms with Crippen LogP contribution in [0.4, 0.5) is 5.00 Å². The molecule has 34 heavy (non-hydrogen) atoms. The van der Waals surface area contributed by atoms with Gasteiger partial charge in [-0.3, -0.25) is 9.59 Å². The van der Waals surface area contributed by atoms with Crippen LogP contribution >= 0.6 is 34.4 Å². The van der Waals surface area contributed by atoms with Gasteiger partial charge in [0.1, 0.15) is 5.00 Å². The summed E-state index contributed by atoms with van der Waals surface area (Å²) in [5.41, 5.74) is 3.70. The third kappa shape index (κ3) is 5.45. The van der Waals surface area contributed by atoms with Crippen LogP contribution in [0.1, 0.15) is 46.1 Å². The molecule has 0 bridgehead atoms. The maximum absolute atomic E-state index is 12.6. The van der Waals surface area contributed by atoms with Crippen LogP contribution in [-0.4, -0.2) is 40.5 Å². The molecule has 0 spiro atoms. The molecule has 180 valence electrons. The van der Waals surface area contributed by atoms with Gasteiger partial charge in [0.2, 0.25) is 5.91 Å². The molecule has 0 unspecified atom stereocenters. The molecule has 1 aliphatic rings. The molecule has 1 aromatic carbocycles. The van der Waals surface area contributed by atoms with Gasteiger partial charge in [-0.1, -0.05) is 17.4 Å². The largest absolute Gasteiger partial charge is 0.462 e. The Balaban J connectivity index is 1.38. The minimum atomic E-state index is -0.384. The maximum Gasteiger partial charge on any atom is 0.341 e. The number of carbonyl (C=O) groups is 3. The molecule has 1 aliphatic carbocycles. The smallest absolute Gasteiger partial charge is 0.341 e. The van der Waals surface area contributed by atoms with Gasteiger partial charge in [-0.15, -0.1) is 23.1 Å². The van der Waals surface area contributed by atoms with Gasteiger partial charge in [-0.2, -0.15) is 4.99 Å². The highest BCUT2D eigenvalue weighted by Crippen LogP contribution is 2.38. The van der Waals surface area contributed by atoms with Crippen molar-refractivity contribution in [3.8, 4) is 0 Å². The van der Waals surface area contributed by atoms with Crippen molar-refractivity contribution >= 4 is 67.4 Å². The standard InChI is InChI=1S/C24H27N3O4S3/c1-4-31-23(30)21-15-7-5-6-8-17(15)33-22(21)25-19(28)12-32-13-20(29)26-24-27(3)16-10-9-14(2)11-18(16)34-24/h9-11H,4-8,12-13H2,1-3H3,(H,25,28). The number of nitrogens with one attached hydrogen (secondary N) is 1. The second-order valence-corrected chi connectivity index (χ2v) is 11.2. The van der Waals surface area contributed by atoms with E-state index in [-0.39, 0.29) is 35.9 Å². The lowest BCUT2D eigenvalue weighted by molar-refractivity contribution is -0.115. The van der Waals surface area contributed by atoms with E-state index in [0.29, 0.717) is 15.4 Å². The van der Waals surface area contributed by atoms with E-state index in [1.807, 2.05) is 30.7 Å². The van der Waals surface area contributed by atoms with E-state index in [9.17, 15) is 14.4 Å². The number of nitrogens with zero attached hydrogens (tertiary/aromatic N) is 2.